The molecule has 2 N–H and O–H groups in total. The Morgan fingerprint density at radius 1 is 1.40 bits per heavy atom. The van der Waals surface area contributed by atoms with Crippen molar-refractivity contribution in [2.45, 2.75) is 38.3 Å². The topological polar surface area (TPSA) is 86.5 Å². The molecule has 1 saturated heterocycles. The minimum absolute atomic E-state index is 0.0389. The van der Waals surface area contributed by atoms with Gasteiger partial charge in [0, 0.05) is 0 Å². The Hall–Kier alpha value is -0.620. The van der Waals surface area contributed by atoms with Gasteiger partial charge in [0.15, 0.2) is 9.84 Å². The van der Waals surface area contributed by atoms with Gasteiger partial charge in [0.1, 0.15) is 11.1 Å². The summed E-state index contributed by atoms with van der Waals surface area (Å²) in [5, 5.41) is 0. The highest BCUT2D eigenvalue weighted by Gasteiger charge is 2.47. The Kier molecular flexibility index (Phi) is 2.86. The molecule has 1 fully saturated rings. The van der Waals surface area contributed by atoms with Crippen LogP contribution < -0.4 is 5.73 Å². The number of ether oxygens (including phenoxy) is 1. The molecule has 88 valence electrons. The van der Waals surface area contributed by atoms with Crippen molar-refractivity contribution < 1.29 is 17.9 Å². The third kappa shape index (κ3) is 3.17. The minimum Gasteiger partial charge on any atom is -0.459 e. The van der Waals surface area contributed by atoms with Gasteiger partial charge in [-0.3, -0.25) is 4.79 Å². The highest BCUT2D eigenvalue weighted by Crippen LogP contribution is 2.24. The summed E-state index contributed by atoms with van der Waals surface area (Å²) in [6, 6.07) is 0. The fraction of sp³-hybridized carbons (Fsp3) is 0.889. The highest BCUT2D eigenvalue weighted by molar-refractivity contribution is 7.91. The molecular weight excluding hydrogens is 218 g/mol. The van der Waals surface area contributed by atoms with E-state index in [0.717, 1.165) is 0 Å². The van der Waals surface area contributed by atoms with E-state index in [2.05, 4.69) is 0 Å². The third-order valence-corrected chi connectivity index (χ3v) is 3.92. The summed E-state index contributed by atoms with van der Waals surface area (Å²) in [4.78, 5) is 11.7. The Balaban J connectivity index is 2.77. The maximum Gasteiger partial charge on any atom is 0.327 e. The second-order valence-electron chi connectivity index (χ2n) is 5.00. The van der Waals surface area contributed by atoms with Gasteiger partial charge in [-0.05, 0) is 27.2 Å². The van der Waals surface area contributed by atoms with E-state index in [4.69, 9.17) is 10.5 Å². The third-order valence-electron chi connectivity index (χ3n) is 2.14. The number of carbonyl (C=O) groups excluding carboxylic acids is 1. The number of esters is 1. The van der Waals surface area contributed by atoms with Crippen molar-refractivity contribution in [3.63, 3.8) is 0 Å². The molecule has 0 radical (unpaired) electrons. The van der Waals surface area contributed by atoms with Gasteiger partial charge < -0.3 is 10.5 Å². The summed E-state index contributed by atoms with van der Waals surface area (Å²) in [6.07, 6.45) is 0.143. The van der Waals surface area contributed by atoms with Crippen LogP contribution in [0.4, 0.5) is 0 Å². The Bertz CT molecular complexity index is 368. The summed E-state index contributed by atoms with van der Waals surface area (Å²) < 4.78 is 27.5. The number of sulfone groups is 1. The summed E-state index contributed by atoms with van der Waals surface area (Å²) in [6.45, 7) is 5.16. The molecular formula is C9H17NO4S. The standard InChI is InChI=1S/C9H17NO4S/c1-8(2,3)14-7(11)9(10)4-5-15(12,13)6-9/h4-6,10H2,1-3H3. The molecule has 1 unspecified atom stereocenters. The molecule has 0 saturated carbocycles. The van der Waals surface area contributed by atoms with Crippen LogP contribution in [0.3, 0.4) is 0 Å². The van der Waals surface area contributed by atoms with E-state index in [9.17, 15) is 13.2 Å². The first kappa shape index (κ1) is 12.4. The molecule has 5 nitrogen and oxygen atoms in total. The van der Waals surface area contributed by atoms with E-state index in [1.807, 2.05) is 0 Å². The van der Waals surface area contributed by atoms with E-state index in [-0.39, 0.29) is 17.9 Å². The molecule has 0 aromatic carbocycles. The van der Waals surface area contributed by atoms with Gasteiger partial charge >= 0.3 is 5.97 Å². The van der Waals surface area contributed by atoms with Crippen molar-refractivity contribution in [3.8, 4) is 0 Å². The maximum atomic E-state index is 11.7. The number of nitrogens with two attached hydrogens (primary N) is 1. The summed E-state index contributed by atoms with van der Waals surface area (Å²) in [5.41, 5.74) is 3.73. The lowest BCUT2D eigenvalue weighted by molar-refractivity contribution is -0.160. The van der Waals surface area contributed by atoms with Crippen LogP contribution in [0.25, 0.3) is 0 Å². The average molecular weight is 235 g/mol. The SMILES string of the molecule is CC(C)(C)OC(=O)C1(N)CCS(=O)(=O)C1. The molecule has 0 aromatic rings. The van der Waals surface area contributed by atoms with E-state index in [1.54, 1.807) is 20.8 Å². The molecule has 1 aliphatic heterocycles. The molecule has 0 aliphatic carbocycles. The van der Waals surface area contributed by atoms with Crippen LogP contribution in [0.15, 0.2) is 0 Å². The van der Waals surface area contributed by atoms with Crippen LogP contribution in [0, 0.1) is 0 Å². The molecule has 6 heteroatoms. The van der Waals surface area contributed by atoms with Crippen LogP contribution in [-0.2, 0) is 19.4 Å². The van der Waals surface area contributed by atoms with Crippen LogP contribution in [0.2, 0.25) is 0 Å². The van der Waals surface area contributed by atoms with E-state index >= 15 is 0 Å². The van der Waals surface area contributed by atoms with Crippen molar-refractivity contribution in [1.82, 2.24) is 0 Å². The van der Waals surface area contributed by atoms with Gasteiger partial charge in [-0.1, -0.05) is 0 Å². The van der Waals surface area contributed by atoms with Gasteiger partial charge in [0.2, 0.25) is 0 Å². The molecule has 0 amide bonds. The predicted octanol–water partition coefficient (Wildman–Crippen LogP) is -0.156. The molecule has 1 atom stereocenters. The van der Waals surface area contributed by atoms with Crippen molar-refractivity contribution >= 4 is 15.8 Å². The fourth-order valence-corrected chi connectivity index (χ4v) is 3.28. The van der Waals surface area contributed by atoms with Gasteiger partial charge in [0.05, 0.1) is 11.5 Å². The number of hydrogen-bond acceptors (Lipinski definition) is 5. The first-order chi connectivity index (χ1) is 6.54. The van der Waals surface area contributed by atoms with E-state index in [1.165, 1.54) is 0 Å². The van der Waals surface area contributed by atoms with E-state index < -0.39 is 26.9 Å². The lowest BCUT2D eigenvalue weighted by atomic mass is 10.0. The Morgan fingerprint density at radius 3 is 2.27 bits per heavy atom. The van der Waals surface area contributed by atoms with Crippen molar-refractivity contribution in [1.29, 1.82) is 0 Å². The van der Waals surface area contributed by atoms with Crippen LogP contribution in [-0.4, -0.2) is 37.0 Å². The van der Waals surface area contributed by atoms with E-state index in [0.29, 0.717) is 0 Å². The molecule has 0 bridgehead atoms. The molecule has 1 heterocycles. The zero-order valence-corrected chi connectivity index (χ0v) is 10.1. The normalized spacial score (nSPS) is 30.1. The maximum absolute atomic E-state index is 11.7. The number of rotatable bonds is 1. The van der Waals surface area contributed by atoms with Crippen LogP contribution in [0.5, 0.6) is 0 Å². The van der Waals surface area contributed by atoms with Gasteiger partial charge in [-0.15, -0.1) is 0 Å². The average Bonchev–Trinajstić information content (AvgIpc) is 2.23. The number of carbonyl (C=O) groups is 1. The van der Waals surface area contributed by atoms with Crippen molar-refractivity contribution in [2.75, 3.05) is 11.5 Å². The first-order valence-corrected chi connectivity index (χ1v) is 6.59. The summed E-state index contributed by atoms with van der Waals surface area (Å²) >= 11 is 0. The minimum atomic E-state index is -3.18. The Morgan fingerprint density at radius 2 is 1.93 bits per heavy atom. The largest absolute Gasteiger partial charge is 0.459 e. The van der Waals surface area contributed by atoms with Gasteiger partial charge in [0.25, 0.3) is 0 Å². The molecule has 15 heavy (non-hydrogen) atoms. The lowest BCUT2D eigenvalue weighted by Crippen LogP contribution is -2.52. The second kappa shape index (κ2) is 3.45. The van der Waals surface area contributed by atoms with Crippen molar-refractivity contribution in [3.05, 3.63) is 0 Å². The molecule has 1 rings (SSSR count). The summed E-state index contributed by atoms with van der Waals surface area (Å²) in [5.74, 6) is -0.978. The summed E-state index contributed by atoms with van der Waals surface area (Å²) in [7, 11) is -3.18. The second-order valence-corrected chi connectivity index (χ2v) is 7.18. The first-order valence-electron chi connectivity index (χ1n) is 4.77. The van der Waals surface area contributed by atoms with Crippen LogP contribution in [0.1, 0.15) is 27.2 Å². The zero-order valence-electron chi connectivity index (χ0n) is 9.24. The molecule has 0 aromatic heterocycles. The Labute approximate surface area is 89.9 Å². The lowest BCUT2D eigenvalue weighted by Gasteiger charge is -2.26. The van der Waals surface area contributed by atoms with Crippen molar-refractivity contribution in [2.24, 2.45) is 5.73 Å². The smallest absolute Gasteiger partial charge is 0.327 e. The quantitative estimate of drug-likeness (QED) is 0.638. The monoisotopic (exact) mass is 235 g/mol. The van der Waals surface area contributed by atoms with Crippen LogP contribution >= 0.6 is 0 Å². The van der Waals surface area contributed by atoms with Gasteiger partial charge in [-0.2, -0.15) is 0 Å². The zero-order chi connectivity index (χ0) is 11.9. The predicted molar refractivity (Wildman–Crippen MR) is 56.0 cm³/mol. The fourth-order valence-electron chi connectivity index (χ4n) is 1.42. The number of hydrogen-bond donors (Lipinski definition) is 1. The highest BCUT2D eigenvalue weighted by atomic mass is 32.2. The molecule has 1 aliphatic rings. The molecule has 0 spiro atoms. The van der Waals surface area contributed by atoms with Gasteiger partial charge in [-0.25, -0.2) is 8.42 Å².